The Morgan fingerprint density at radius 2 is 1.59 bits per heavy atom. The summed E-state index contributed by atoms with van der Waals surface area (Å²) in [6.07, 6.45) is 5.26. The number of nitrogens with one attached hydrogen (secondary N) is 1. The van der Waals surface area contributed by atoms with Crippen LogP contribution in [0.15, 0.2) is 48.5 Å². The zero-order valence-corrected chi connectivity index (χ0v) is 20.0. The van der Waals surface area contributed by atoms with Gasteiger partial charge in [-0.15, -0.1) is 0 Å². The van der Waals surface area contributed by atoms with Gasteiger partial charge in [0.15, 0.2) is 6.61 Å². The van der Waals surface area contributed by atoms with Gasteiger partial charge in [-0.3, -0.25) is 14.4 Å². The molecule has 0 bridgehead atoms. The number of hydrogen-bond donors (Lipinski definition) is 1. The molecule has 2 unspecified atom stereocenters. The number of anilines is 1. The highest BCUT2D eigenvalue weighted by Crippen LogP contribution is 2.23. The number of amides is 3. The lowest BCUT2D eigenvalue weighted by Gasteiger charge is -2.38. The van der Waals surface area contributed by atoms with E-state index < -0.39 is 0 Å². The minimum absolute atomic E-state index is 0.00186. The topological polar surface area (TPSA) is 79.0 Å². The SMILES string of the molecule is CC1CCCC(C)N1C(=O)COc1ccc(C(=O)Nc2cccc(C(=O)N3CCCC3)c2)cc1. The second-order valence-corrected chi connectivity index (χ2v) is 9.28. The Hall–Kier alpha value is -3.35. The number of ether oxygens (including phenoxy) is 1. The third-order valence-electron chi connectivity index (χ3n) is 6.72. The van der Waals surface area contributed by atoms with Crippen LogP contribution < -0.4 is 10.1 Å². The second kappa shape index (κ2) is 10.7. The van der Waals surface area contributed by atoms with Gasteiger partial charge in [0.25, 0.3) is 17.7 Å². The number of likely N-dealkylation sites (tertiary alicyclic amines) is 2. The van der Waals surface area contributed by atoms with Crippen molar-refractivity contribution in [1.82, 2.24) is 9.80 Å². The van der Waals surface area contributed by atoms with E-state index in [0.717, 1.165) is 45.2 Å². The number of carbonyl (C=O) groups is 3. The number of nitrogens with zero attached hydrogens (tertiary/aromatic N) is 2. The minimum Gasteiger partial charge on any atom is -0.484 e. The number of carbonyl (C=O) groups excluding carboxylic acids is 3. The van der Waals surface area contributed by atoms with E-state index in [1.54, 1.807) is 48.5 Å². The summed E-state index contributed by atoms with van der Waals surface area (Å²) in [4.78, 5) is 41.7. The van der Waals surface area contributed by atoms with Crippen LogP contribution in [0.4, 0.5) is 5.69 Å². The third kappa shape index (κ3) is 5.58. The smallest absolute Gasteiger partial charge is 0.260 e. The summed E-state index contributed by atoms with van der Waals surface area (Å²) in [5.74, 6) is 0.257. The van der Waals surface area contributed by atoms with Gasteiger partial charge in [0.05, 0.1) is 0 Å². The van der Waals surface area contributed by atoms with Gasteiger partial charge in [0, 0.05) is 42.0 Å². The van der Waals surface area contributed by atoms with Crippen molar-refractivity contribution in [3.8, 4) is 5.75 Å². The first-order valence-electron chi connectivity index (χ1n) is 12.2. The maximum absolute atomic E-state index is 12.7. The van der Waals surface area contributed by atoms with Crippen molar-refractivity contribution in [2.24, 2.45) is 0 Å². The molecular formula is C27H33N3O4. The molecule has 2 aliphatic rings. The molecule has 3 amide bonds. The summed E-state index contributed by atoms with van der Waals surface area (Å²) < 4.78 is 5.70. The average molecular weight is 464 g/mol. The van der Waals surface area contributed by atoms with Crippen LogP contribution in [0.1, 0.15) is 66.7 Å². The molecule has 0 aliphatic carbocycles. The average Bonchev–Trinajstić information content (AvgIpc) is 3.38. The minimum atomic E-state index is -0.274. The molecule has 2 aromatic rings. The lowest BCUT2D eigenvalue weighted by atomic mass is 9.97. The van der Waals surface area contributed by atoms with Crippen LogP contribution in [0.3, 0.4) is 0 Å². The standard InChI is InChI=1S/C27H33N3O4/c1-19-7-5-8-20(2)30(19)25(31)18-34-24-13-11-21(12-14-24)26(32)28-23-10-6-9-22(17-23)27(33)29-15-3-4-16-29/h6,9-14,17,19-20H,3-5,7-8,15-16,18H2,1-2H3,(H,28,32). The van der Waals surface area contributed by atoms with Crippen LogP contribution >= 0.6 is 0 Å². The molecular weight excluding hydrogens is 430 g/mol. The van der Waals surface area contributed by atoms with E-state index in [4.69, 9.17) is 4.74 Å². The van der Waals surface area contributed by atoms with Gasteiger partial charge in [-0.1, -0.05) is 6.07 Å². The highest BCUT2D eigenvalue weighted by atomic mass is 16.5. The highest BCUT2D eigenvalue weighted by Gasteiger charge is 2.29. The Kier molecular flexibility index (Phi) is 7.50. The zero-order valence-electron chi connectivity index (χ0n) is 20.0. The van der Waals surface area contributed by atoms with E-state index in [0.29, 0.717) is 22.6 Å². The van der Waals surface area contributed by atoms with Crippen LogP contribution in [0.5, 0.6) is 5.75 Å². The lowest BCUT2D eigenvalue weighted by Crippen LogP contribution is -2.49. The van der Waals surface area contributed by atoms with Crippen molar-refractivity contribution in [3.05, 3.63) is 59.7 Å². The van der Waals surface area contributed by atoms with E-state index in [2.05, 4.69) is 19.2 Å². The second-order valence-electron chi connectivity index (χ2n) is 9.28. The predicted molar refractivity (Wildman–Crippen MR) is 131 cm³/mol. The Bertz CT molecular complexity index is 1020. The first-order chi connectivity index (χ1) is 16.4. The molecule has 0 spiro atoms. The van der Waals surface area contributed by atoms with E-state index in [9.17, 15) is 14.4 Å². The summed E-state index contributed by atoms with van der Waals surface area (Å²) in [5, 5.41) is 2.86. The zero-order chi connectivity index (χ0) is 24.1. The van der Waals surface area contributed by atoms with Crippen molar-refractivity contribution in [1.29, 1.82) is 0 Å². The fraction of sp³-hybridized carbons (Fsp3) is 0.444. The Balaban J connectivity index is 1.32. The van der Waals surface area contributed by atoms with Crippen molar-refractivity contribution in [2.45, 2.75) is 58.0 Å². The fourth-order valence-electron chi connectivity index (χ4n) is 4.87. The predicted octanol–water partition coefficient (Wildman–Crippen LogP) is 4.34. The monoisotopic (exact) mass is 463 g/mol. The molecule has 7 nitrogen and oxygen atoms in total. The van der Waals surface area contributed by atoms with Gasteiger partial charge in [-0.2, -0.15) is 0 Å². The normalized spacial score (nSPS) is 20.2. The van der Waals surface area contributed by atoms with E-state index in [1.807, 2.05) is 9.80 Å². The van der Waals surface area contributed by atoms with Crippen molar-refractivity contribution in [2.75, 3.05) is 25.0 Å². The molecule has 0 radical (unpaired) electrons. The molecule has 0 aromatic heterocycles. The number of hydrogen-bond acceptors (Lipinski definition) is 4. The summed E-state index contributed by atoms with van der Waals surface area (Å²) in [7, 11) is 0. The largest absolute Gasteiger partial charge is 0.484 e. The molecule has 2 aliphatic heterocycles. The molecule has 1 N–H and O–H groups in total. The molecule has 2 atom stereocenters. The molecule has 4 rings (SSSR count). The molecule has 0 saturated carbocycles. The molecule has 7 heteroatoms. The third-order valence-corrected chi connectivity index (χ3v) is 6.72. The molecule has 2 heterocycles. The van der Waals surface area contributed by atoms with Gasteiger partial charge in [0.1, 0.15) is 5.75 Å². The fourth-order valence-corrected chi connectivity index (χ4v) is 4.87. The van der Waals surface area contributed by atoms with Crippen LogP contribution in [-0.2, 0) is 4.79 Å². The Morgan fingerprint density at radius 1 is 0.912 bits per heavy atom. The number of rotatable bonds is 6. The molecule has 34 heavy (non-hydrogen) atoms. The van der Waals surface area contributed by atoms with Crippen LogP contribution in [0, 0.1) is 0 Å². The van der Waals surface area contributed by atoms with Crippen molar-refractivity contribution in [3.63, 3.8) is 0 Å². The number of piperidine rings is 1. The number of benzene rings is 2. The summed E-state index contributed by atoms with van der Waals surface area (Å²) >= 11 is 0. The quantitative estimate of drug-likeness (QED) is 0.691. The molecule has 2 aromatic carbocycles. The maximum atomic E-state index is 12.7. The van der Waals surface area contributed by atoms with Crippen molar-refractivity contribution >= 4 is 23.4 Å². The first-order valence-corrected chi connectivity index (χ1v) is 12.2. The maximum Gasteiger partial charge on any atom is 0.260 e. The van der Waals surface area contributed by atoms with E-state index >= 15 is 0 Å². The van der Waals surface area contributed by atoms with Gasteiger partial charge >= 0.3 is 0 Å². The molecule has 2 saturated heterocycles. The van der Waals surface area contributed by atoms with Crippen molar-refractivity contribution < 1.29 is 19.1 Å². The van der Waals surface area contributed by atoms with Gasteiger partial charge in [-0.05, 0) is 88.4 Å². The molecule has 180 valence electrons. The van der Waals surface area contributed by atoms with Gasteiger partial charge in [0.2, 0.25) is 0 Å². The lowest BCUT2D eigenvalue weighted by molar-refractivity contribution is -0.139. The first kappa shape index (κ1) is 23.8. The molecule has 2 fully saturated rings. The van der Waals surface area contributed by atoms with E-state index in [1.165, 1.54) is 0 Å². The Labute approximate surface area is 201 Å². The van der Waals surface area contributed by atoms with Crippen LogP contribution in [0.25, 0.3) is 0 Å². The van der Waals surface area contributed by atoms with Gasteiger partial charge < -0.3 is 19.9 Å². The van der Waals surface area contributed by atoms with Crippen LogP contribution in [-0.4, -0.2) is 59.3 Å². The Morgan fingerprint density at radius 3 is 2.26 bits per heavy atom. The van der Waals surface area contributed by atoms with E-state index in [-0.39, 0.29) is 36.4 Å². The summed E-state index contributed by atoms with van der Waals surface area (Å²) in [5.41, 5.74) is 1.62. The van der Waals surface area contributed by atoms with Crippen LogP contribution in [0.2, 0.25) is 0 Å². The summed E-state index contributed by atoms with van der Waals surface area (Å²) in [6.45, 7) is 5.72. The highest BCUT2D eigenvalue weighted by molar-refractivity contribution is 6.05. The van der Waals surface area contributed by atoms with Gasteiger partial charge in [-0.25, -0.2) is 0 Å². The summed E-state index contributed by atoms with van der Waals surface area (Å²) in [6, 6.07) is 14.2.